The quantitative estimate of drug-likeness (QED) is 0.787. The summed E-state index contributed by atoms with van der Waals surface area (Å²) in [5, 5.41) is 6.85. The average Bonchev–Trinajstić information content (AvgIpc) is 2.89. The number of rotatable bonds is 1. The minimum Gasteiger partial charge on any atom is -0.454 e. The van der Waals surface area contributed by atoms with Crippen molar-refractivity contribution in [2.75, 3.05) is 12.5 Å². The fourth-order valence-corrected chi connectivity index (χ4v) is 2.05. The van der Waals surface area contributed by atoms with E-state index in [1.807, 2.05) is 19.9 Å². The van der Waals surface area contributed by atoms with Crippen molar-refractivity contribution in [3.05, 3.63) is 23.3 Å². The zero-order valence-electron chi connectivity index (χ0n) is 9.70. The number of benzene rings is 1. The van der Waals surface area contributed by atoms with Gasteiger partial charge >= 0.3 is 0 Å². The van der Waals surface area contributed by atoms with Crippen LogP contribution in [0.15, 0.2) is 12.1 Å². The Bertz CT molecular complexity index is 590. The van der Waals surface area contributed by atoms with E-state index in [2.05, 4.69) is 10.2 Å². The molecule has 0 atom stereocenters. The molecule has 0 aliphatic carbocycles. The molecule has 5 heteroatoms. The van der Waals surface area contributed by atoms with Crippen LogP contribution >= 0.6 is 0 Å². The van der Waals surface area contributed by atoms with Crippen molar-refractivity contribution in [1.29, 1.82) is 0 Å². The van der Waals surface area contributed by atoms with Gasteiger partial charge in [0.2, 0.25) is 6.79 Å². The number of hydrogen-bond acceptors (Lipinski definition) is 4. The second kappa shape index (κ2) is 3.41. The summed E-state index contributed by atoms with van der Waals surface area (Å²) in [4.78, 5) is 0. The molecule has 0 fully saturated rings. The molecule has 1 aromatic carbocycles. The molecule has 5 nitrogen and oxygen atoms in total. The minimum absolute atomic E-state index is 0.259. The highest BCUT2D eigenvalue weighted by molar-refractivity contribution is 5.77. The first kappa shape index (κ1) is 10.0. The van der Waals surface area contributed by atoms with Crippen molar-refractivity contribution < 1.29 is 9.47 Å². The van der Waals surface area contributed by atoms with Gasteiger partial charge in [-0.15, -0.1) is 0 Å². The third-order valence-electron chi connectivity index (χ3n) is 3.05. The number of nitrogens with zero attached hydrogens (tertiary/aromatic N) is 1. The van der Waals surface area contributed by atoms with Crippen molar-refractivity contribution in [1.82, 2.24) is 10.2 Å². The third kappa shape index (κ3) is 1.43. The maximum atomic E-state index is 5.63. The van der Waals surface area contributed by atoms with Crippen molar-refractivity contribution in [2.45, 2.75) is 13.8 Å². The highest BCUT2D eigenvalue weighted by Crippen LogP contribution is 2.44. The molecule has 0 bridgehead atoms. The Hall–Kier alpha value is -2.17. The third-order valence-corrected chi connectivity index (χ3v) is 3.05. The van der Waals surface area contributed by atoms with E-state index in [-0.39, 0.29) is 6.79 Å². The lowest BCUT2D eigenvalue weighted by Crippen LogP contribution is -1.94. The largest absolute Gasteiger partial charge is 0.454 e. The van der Waals surface area contributed by atoms with Crippen molar-refractivity contribution in [3.8, 4) is 22.8 Å². The van der Waals surface area contributed by atoms with Gasteiger partial charge in [0.05, 0.1) is 5.69 Å². The number of aromatic nitrogens is 2. The lowest BCUT2D eigenvalue weighted by Gasteiger charge is -2.10. The van der Waals surface area contributed by atoms with Crippen LogP contribution in [-0.2, 0) is 0 Å². The van der Waals surface area contributed by atoms with Crippen LogP contribution < -0.4 is 15.2 Å². The van der Waals surface area contributed by atoms with Crippen LogP contribution in [0.25, 0.3) is 11.3 Å². The van der Waals surface area contributed by atoms with E-state index in [9.17, 15) is 0 Å². The van der Waals surface area contributed by atoms with Gasteiger partial charge in [-0.1, -0.05) is 0 Å². The number of ether oxygens (including phenoxy) is 2. The number of nitrogen functional groups attached to an aromatic ring is 1. The summed E-state index contributed by atoms with van der Waals surface area (Å²) >= 11 is 0. The smallest absolute Gasteiger partial charge is 0.231 e. The molecule has 0 saturated carbocycles. The van der Waals surface area contributed by atoms with Gasteiger partial charge in [-0.25, -0.2) is 0 Å². The number of aryl methyl sites for hydroxylation is 1. The molecule has 1 aliphatic rings. The zero-order chi connectivity index (χ0) is 12.0. The van der Waals surface area contributed by atoms with Crippen LogP contribution in [0.1, 0.15) is 11.1 Å². The summed E-state index contributed by atoms with van der Waals surface area (Å²) in [6, 6.07) is 3.78. The van der Waals surface area contributed by atoms with Crippen molar-refractivity contribution in [3.63, 3.8) is 0 Å². The zero-order valence-corrected chi connectivity index (χ0v) is 9.70. The van der Waals surface area contributed by atoms with Gasteiger partial charge in [-0.2, -0.15) is 5.10 Å². The SMILES string of the molecule is Cc1cc2c(c(-c3cc(N)n[nH]3)c1C)OCO2. The fourth-order valence-electron chi connectivity index (χ4n) is 2.05. The van der Waals surface area contributed by atoms with Gasteiger partial charge in [0, 0.05) is 11.6 Å². The minimum atomic E-state index is 0.259. The Morgan fingerprint density at radius 3 is 2.82 bits per heavy atom. The van der Waals surface area contributed by atoms with E-state index in [1.54, 1.807) is 6.07 Å². The molecule has 2 heterocycles. The molecule has 3 N–H and O–H groups in total. The molecule has 1 aromatic heterocycles. The second-order valence-corrected chi connectivity index (χ2v) is 4.13. The van der Waals surface area contributed by atoms with E-state index in [4.69, 9.17) is 15.2 Å². The summed E-state index contributed by atoms with van der Waals surface area (Å²) < 4.78 is 10.9. The topological polar surface area (TPSA) is 73.2 Å². The molecule has 0 saturated heterocycles. The second-order valence-electron chi connectivity index (χ2n) is 4.13. The number of fused-ring (bicyclic) bond motifs is 1. The highest BCUT2D eigenvalue weighted by atomic mass is 16.7. The molecule has 0 spiro atoms. The number of nitrogens with two attached hydrogens (primary N) is 1. The fraction of sp³-hybridized carbons (Fsp3) is 0.250. The monoisotopic (exact) mass is 231 g/mol. The molecule has 17 heavy (non-hydrogen) atoms. The first-order chi connectivity index (χ1) is 8.16. The summed E-state index contributed by atoms with van der Waals surface area (Å²) in [6.45, 7) is 4.35. The summed E-state index contributed by atoms with van der Waals surface area (Å²) in [6.07, 6.45) is 0. The lowest BCUT2D eigenvalue weighted by atomic mass is 9.99. The number of hydrogen-bond donors (Lipinski definition) is 2. The maximum absolute atomic E-state index is 5.63. The Morgan fingerprint density at radius 2 is 2.12 bits per heavy atom. The Kier molecular flexibility index (Phi) is 2.01. The predicted octanol–water partition coefficient (Wildman–Crippen LogP) is 2.00. The first-order valence-electron chi connectivity index (χ1n) is 5.38. The van der Waals surface area contributed by atoms with Crippen LogP contribution in [-0.4, -0.2) is 17.0 Å². The van der Waals surface area contributed by atoms with E-state index in [0.717, 1.165) is 33.9 Å². The molecule has 0 radical (unpaired) electrons. The van der Waals surface area contributed by atoms with E-state index < -0.39 is 0 Å². The molecule has 88 valence electrons. The van der Waals surface area contributed by atoms with E-state index >= 15 is 0 Å². The molecule has 3 rings (SSSR count). The van der Waals surface area contributed by atoms with Gasteiger partial charge < -0.3 is 15.2 Å². The molecule has 1 aliphatic heterocycles. The first-order valence-corrected chi connectivity index (χ1v) is 5.38. The van der Waals surface area contributed by atoms with Gasteiger partial charge in [0.25, 0.3) is 0 Å². The lowest BCUT2D eigenvalue weighted by molar-refractivity contribution is 0.174. The summed E-state index contributed by atoms with van der Waals surface area (Å²) in [7, 11) is 0. The maximum Gasteiger partial charge on any atom is 0.231 e. The van der Waals surface area contributed by atoms with Gasteiger partial charge in [-0.3, -0.25) is 5.10 Å². The number of anilines is 1. The van der Waals surface area contributed by atoms with Crippen LogP contribution in [0, 0.1) is 13.8 Å². The molecular formula is C12H13N3O2. The number of nitrogens with one attached hydrogen (secondary N) is 1. The number of aromatic amines is 1. The van der Waals surface area contributed by atoms with Gasteiger partial charge in [0.15, 0.2) is 11.5 Å². The Morgan fingerprint density at radius 1 is 1.29 bits per heavy atom. The molecule has 0 amide bonds. The van der Waals surface area contributed by atoms with Crippen LogP contribution in [0.5, 0.6) is 11.5 Å². The van der Waals surface area contributed by atoms with E-state index in [1.165, 1.54) is 0 Å². The van der Waals surface area contributed by atoms with E-state index in [0.29, 0.717) is 5.82 Å². The van der Waals surface area contributed by atoms with Crippen molar-refractivity contribution in [2.24, 2.45) is 0 Å². The summed E-state index contributed by atoms with van der Waals surface area (Å²) in [5.74, 6) is 2.00. The Labute approximate surface area is 98.5 Å². The number of H-pyrrole nitrogens is 1. The van der Waals surface area contributed by atoms with Crippen LogP contribution in [0.3, 0.4) is 0 Å². The highest BCUT2D eigenvalue weighted by Gasteiger charge is 2.23. The van der Waals surface area contributed by atoms with Crippen LogP contribution in [0.4, 0.5) is 5.82 Å². The standard InChI is InChI=1S/C12H13N3O2/c1-6-3-9-12(17-5-16-9)11(7(6)2)8-4-10(13)15-14-8/h3-4H,5H2,1-2H3,(H3,13,14,15). The summed E-state index contributed by atoms with van der Waals surface area (Å²) in [5.41, 5.74) is 9.75. The van der Waals surface area contributed by atoms with Gasteiger partial charge in [-0.05, 0) is 31.0 Å². The normalized spacial score (nSPS) is 13.1. The Balaban J connectivity index is 2.28. The van der Waals surface area contributed by atoms with Gasteiger partial charge in [0.1, 0.15) is 5.82 Å². The van der Waals surface area contributed by atoms with Crippen LogP contribution in [0.2, 0.25) is 0 Å². The average molecular weight is 231 g/mol. The molecule has 2 aromatic rings. The predicted molar refractivity (Wildman–Crippen MR) is 64.0 cm³/mol. The molecular weight excluding hydrogens is 218 g/mol. The van der Waals surface area contributed by atoms with Crippen molar-refractivity contribution >= 4 is 5.82 Å². The molecule has 0 unspecified atom stereocenters.